The average molecular weight is 265 g/mol. The zero-order valence-corrected chi connectivity index (χ0v) is 11.1. The van der Waals surface area contributed by atoms with Gasteiger partial charge in [0.15, 0.2) is 5.84 Å². The van der Waals surface area contributed by atoms with Gasteiger partial charge in [0.05, 0.1) is 5.69 Å². The van der Waals surface area contributed by atoms with Crippen LogP contribution in [0.4, 0.5) is 10.1 Å². The first-order chi connectivity index (χ1) is 9.15. The van der Waals surface area contributed by atoms with E-state index in [1.54, 1.807) is 12.1 Å². The van der Waals surface area contributed by atoms with E-state index in [0.717, 1.165) is 19.5 Å². The molecule has 5 heteroatoms. The van der Waals surface area contributed by atoms with Gasteiger partial charge in [-0.2, -0.15) is 0 Å². The fourth-order valence-corrected chi connectivity index (χ4v) is 2.17. The topological polar surface area (TPSA) is 61.8 Å². The van der Waals surface area contributed by atoms with Crippen molar-refractivity contribution in [3.8, 4) is 0 Å². The van der Waals surface area contributed by atoms with Crippen molar-refractivity contribution in [3.05, 3.63) is 29.6 Å². The van der Waals surface area contributed by atoms with Gasteiger partial charge in [-0.15, -0.1) is 0 Å². The first kappa shape index (κ1) is 13.6. The summed E-state index contributed by atoms with van der Waals surface area (Å²) in [6.45, 7) is 3.84. The summed E-state index contributed by atoms with van der Waals surface area (Å²) in [7, 11) is 0. The number of halogens is 1. The predicted molar refractivity (Wildman–Crippen MR) is 74.1 cm³/mol. The molecule has 3 N–H and O–H groups in total. The van der Waals surface area contributed by atoms with Gasteiger partial charge in [-0.3, -0.25) is 0 Å². The molecular formula is C14H20FN3O. The van der Waals surface area contributed by atoms with E-state index < -0.39 is 0 Å². The maximum absolute atomic E-state index is 14.2. The molecule has 0 radical (unpaired) electrons. The average Bonchev–Trinajstić information content (AvgIpc) is 3.21. The summed E-state index contributed by atoms with van der Waals surface area (Å²) in [5.74, 6) is 0.308. The van der Waals surface area contributed by atoms with E-state index >= 15 is 0 Å². The van der Waals surface area contributed by atoms with Crippen LogP contribution in [0.5, 0.6) is 0 Å². The molecule has 19 heavy (non-hydrogen) atoms. The van der Waals surface area contributed by atoms with Crippen molar-refractivity contribution in [2.24, 2.45) is 16.8 Å². The maximum Gasteiger partial charge on any atom is 0.170 e. The Labute approximate surface area is 112 Å². The van der Waals surface area contributed by atoms with E-state index in [-0.39, 0.29) is 11.7 Å². The lowest BCUT2D eigenvalue weighted by Gasteiger charge is -2.25. The molecule has 0 spiro atoms. The zero-order valence-electron chi connectivity index (χ0n) is 11.1. The van der Waals surface area contributed by atoms with Crippen molar-refractivity contribution in [1.29, 1.82) is 0 Å². The van der Waals surface area contributed by atoms with Crippen molar-refractivity contribution < 1.29 is 9.60 Å². The molecule has 0 bridgehead atoms. The lowest BCUT2D eigenvalue weighted by Crippen LogP contribution is -2.27. The Bertz CT molecular complexity index is 472. The SMILES string of the molecule is CCCN(CC1CC1)c1ccc(/C(N)=N/O)cc1F. The van der Waals surface area contributed by atoms with E-state index in [4.69, 9.17) is 10.9 Å². The fourth-order valence-electron chi connectivity index (χ4n) is 2.17. The van der Waals surface area contributed by atoms with Gasteiger partial charge in [-0.1, -0.05) is 12.1 Å². The Kier molecular flexibility index (Phi) is 4.24. The summed E-state index contributed by atoms with van der Waals surface area (Å²) in [6, 6.07) is 4.71. The molecule has 0 aliphatic heterocycles. The number of amidine groups is 1. The Morgan fingerprint density at radius 3 is 2.79 bits per heavy atom. The Morgan fingerprint density at radius 2 is 2.26 bits per heavy atom. The van der Waals surface area contributed by atoms with Gasteiger partial charge in [0.2, 0.25) is 0 Å². The molecular weight excluding hydrogens is 245 g/mol. The highest BCUT2D eigenvalue weighted by atomic mass is 19.1. The Morgan fingerprint density at radius 1 is 1.53 bits per heavy atom. The van der Waals surface area contributed by atoms with Gasteiger partial charge in [-0.25, -0.2) is 4.39 Å². The second-order valence-corrected chi connectivity index (χ2v) is 5.04. The molecule has 1 aliphatic carbocycles. The third-order valence-corrected chi connectivity index (χ3v) is 3.36. The number of oxime groups is 1. The van der Waals surface area contributed by atoms with E-state index in [2.05, 4.69) is 17.0 Å². The van der Waals surface area contributed by atoms with Gasteiger partial charge < -0.3 is 15.8 Å². The third-order valence-electron chi connectivity index (χ3n) is 3.36. The van der Waals surface area contributed by atoms with E-state index in [1.807, 2.05) is 0 Å². The fraction of sp³-hybridized carbons (Fsp3) is 0.500. The van der Waals surface area contributed by atoms with Crippen molar-refractivity contribution >= 4 is 11.5 Å². The molecule has 1 aliphatic rings. The highest BCUT2D eigenvalue weighted by Crippen LogP contribution is 2.32. The van der Waals surface area contributed by atoms with Crippen molar-refractivity contribution in [1.82, 2.24) is 0 Å². The summed E-state index contributed by atoms with van der Waals surface area (Å²) < 4.78 is 14.2. The van der Waals surface area contributed by atoms with Crippen LogP contribution in [0, 0.1) is 11.7 Å². The second kappa shape index (κ2) is 5.91. The van der Waals surface area contributed by atoms with Gasteiger partial charge >= 0.3 is 0 Å². The lowest BCUT2D eigenvalue weighted by atomic mass is 10.1. The minimum Gasteiger partial charge on any atom is -0.409 e. The summed E-state index contributed by atoms with van der Waals surface area (Å²) in [5.41, 5.74) is 6.45. The number of benzene rings is 1. The smallest absolute Gasteiger partial charge is 0.170 e. The predicted octanol–water partition coefficient (Wildman–Crippen LogP) is 2.55. The molecule has 1 aromatic carbocycles. The quantitative estimate of drug-likeness (QED) is 0.359. The monoisotopic (exact) mass is 265 g/mol. The minimum atomic E-state index is -0.321. The largest absolute Gasteiger partial charge is 0.409 e. The van der Waals surface area contributed by atoms with Crippen LogP contribution in [0.3, 0.4) is 0 Å². The van der Waals surface area contributed by atoms with Crippen LogP contribution < -0.4 is 10.6 Å². The van der Waals surface area contributed by atoms with Crippen molar-refractivity contribution in [3.63, 3.8) is 0 Å². The highest BCUT2D eigenvalue weighted by Gasteiger charge is 2.25. The third kappa shape index (κ3) is 3.36. The molecule has 0 unspecified atom stereocenters. The highest BCUT2D eigenvalue weighted by molar-refractivity contribution is 5.97. The van der Waals surface area contributed by atoms with Crippen LogP contribution in [0.15, 0.2) is 23.4 Å². The lowest BCUT2D eigenvalue weighted by molar-refractivity contribution is 0.318. The minimum absolute atomic E-state index is 0.0744. The van der Waals surface area contributed by atoms with Crippen molar-refractivity contribution in [2.75, 3.05) is 18.0 Å². The summed E-state index contributed by atoms with van der Waals surface area (Å²) in [5, 5.41) is 11.5. The standard InChI is InChI=1S/C14H20FN3O/c1-2-7-18(9-10-3-4-10)13-6-5-11(8-12(13)15)14(16)17-19/h5-6,8,10,19H,2-4,7,9H2,1H3,(H2,16,17). The molecule has 1 fully saturated rings. The molecule has 0 atom stereocenters. The molecule has 0 heterocycles. The van der Waals surface area contributed by atoms with Crippen LogP contribution in [0.2, 0.25) is 0 Å². The Balaban J connectivity index is 2.21. The Hall–Kier alpha value is -1.78. The van der Waals surface area contributed by atoms with E-state index in [9.17, 15) is 4.39 Å². The van der Waals surface area contributed by atoms with E-state index in [1.165, 1.54) is 18.9 Å². The van der Waals surface area contributed by atoms with Crippen LogP contribution >= 0.6 is 0 Å². The second-order valence-electron chi connectivity index (χ2n) is 5.04. The number of rotatable bonds is 6. The van der Waals surface area contributed by atoms with Crippen LogP contribution in [0.1, 0.15) is 31.7 Å². The van der Waals surface area contributed by atoms with Crippen molar-refractivity contribution in [2.45, 2.75) is 26.2 Å². The molecule has 0 saturated heterocycles. The summed E-state index contributed by atoms with van der Waals surface area (Å²) in [4.78, 5) is 2.09. The molecule has 2 rings (SSSR count). The summed E-state index contributed by atoms with van der Waals surface area (Å²) >= 11 is 0. The number of hydrogen-bond donors (Lipinski definition) is 2. The maximum atomic E-state index is 14.2. The van der Waals surface area contributed by atoms with Crippen LogP contribution in [-0.2, 0) is 0 Å². The van der Waals surface area contributed by atoms with Gasteiger partial charge in [-0.05, 0) is 43.4 Å². The molecule has 0 aromatic heterocycles. The number of nitrogens with two attached hydrogens (primary N) is 1. The van der Waals surface area contributed by atoms with Crippen LogP contribution in [-0.4, -0.2) is 24.1 Å². The van der Waals surface area contributed by atoms with Gasteiger partial charge in [0.1, 0.15) is 5.82 Å². The number of anilines is 1. The van der Waals surface area contributed by atoms with Crippen LogP contribution in [0.25, 0.3) is 0 Å². The number of hydrogen-bond acceptors (Lipinski definition) is 3. The normalized spacial score (nSPS) is 15.6. The van der Waals surface area contributed by atoms with Gasteiger partial charge in [0.25, 0.3) is 0 Å². The first-order valence-corrected chi connectivity index (χ1v) is 6.68. The number of nitrogens with zero attached hydrogens (tertiary/aromatic N) is 2. The molecule has 1 aromatic rings. The summed E-state index contributed by atoms with van der Waals surface area (Å²) in [6.07, 6.45) is 3.46. The first-order valence-electron chi connectivity index (χ1n) is 6.68. The van der Waals surface area contributed by atoms with Gasteiger partial charge in [0, 0.05) is 18.7 Å². The van der Waals surface area contributed by atoms with E-state index in [0.29, 0.717) is 17.2 Å². The zero-order chi connectivity index (χ0) is 13.8. The molecule has 0 amide bonds. The molecule has 104 valence electrons. The molecule has 1 saturated carbocycles. The molecule has 4 nitrogen and oxygen atoms in total.